The van der Waals surface area contributed by atoms with E-state index in [4.69, 9.17) is 23.2 Å². The summed E-state index contributed by atoms with van der Waals surface area (Å²) in [5.41, 5.74) is -0.452. The SMILES string of the molecule is CCC(Cl)CNC(=O)c1c(Cl)cccc1[N+](=O)[O-]. The van der Waals surface area contributed by atoms with Crippen molar-refractivity contribution in [3.63, 3.8) is 0 Å². The van der Waals surface area contributed by atoms with Gasteiger partial charge in [-0.05, 0) is 12.5 Å². The molecule has 0 saturated carbocycles. The minimum absolute atomic E-state index is 0.0457. The Morgan fingerprint density at radius 2 is 2.22 bits per heavy atom. The van der Waals surface area contributed by atoms with Gasteiger partial charge in [0, 0.05) is 12.6 Å². The Morgan fingerprint density at radius 3 is 2.78 bits per heavy atom. The maximum atomic E-state index is 11.9. The van der Waals surface area contributed by atoms with Crippen molar-refractivity contribution < 1.29 is 9.72 Å². The van der Waals surface area contributed by atoms with Gasteiger partial charge in [0.1, 0.15) is 5.56 Å². The van der Waals surface area contributed by atoms with Gasteiger partial charge in [-0.25, -0.2) is 0 Å². The van der Waals surface area contributed by atoms with E-state index in [1.54, 1.807) is 0 Å². The highest BCUT2D eigenvalue weighted by molar-refractivity contribution is 6.34. The van der Waals surface area contributed by atoms with E-state index in [1.165, 1.54) is 18.2 Å². The molecule has 1 amide bonds. The summed E-state index contributed by atoms with van der Waals surface area (Å²) in [7, 11) is 0. The zero-order valence-electron chi connectivity index (χ0n) is 9.65. The zero-order chi connectivity index (χ0) is 13.7. The number of hydrogen-bond acceptors (Lipinski definition) is 3. The number of nitro groups is 1. The van der Waals surface area contributed by atoms with Gasteiger partial charge in [-0.1, -0.05) is 24.6 Å². The number of halogens is 2. The fourth-order valence-electron chi connectivity index (χ4n) is 1.33. The Hall–Kier alpha value is -1.33. The molecule has 7 heteroatoms. The van der Waals surface area contributed by atoms with Crippen LogP contribution >= 0.6 is 23.2 Å². The van der Waals surface area contributed by atoms with Crippen molar-refractivity contribution in [1.29, 1.82) is 0 Å². The van der Waals surface area contributed by atoms with Crippen molar-refractivity contribution in [2.45, 2.75) is 18.7 Å². The molecular weight excluding hydrogens is 279 g/mol. The van der Waals surface area contributed by atoms with Crippen LogP contribution in [0, 0.1) is 10.1 Å². The largest absolute Gasteiger partial charge is 0.350 e. The highest BCUT2D eigenvalue weighted by Gasteiger charge is 2.23. The molecule has 5 nitrogen and oxygen atoms in total. The highest BCUT2D eigenvalue weighted by Crippen LogP contribution is 2.25. The summed E-state index contributed by atoms with van der Waals surface area (Å²) in [5, 5.41) is 13.2. The first-order chi connectivity index (χ1) is 8.47. The molecule has 0 saturated heterocycles. The number of hydrogen-bond donors (Lipinski definition) is 1. The lowest BCUT2D eigenvalue weighted by Gasteiger charge is -2.09. The number of nitro benzene ring substituents is 1. The van der Waals surface area contributed by atoms with Gasteiger partial charge >= 0.3 is 0 Å². The van der Waals surface area contributed by atoms with Crippen LogP contribution in [0.25, 0.3) is 0 Å². The maximum Gasteiger partial charge on any atom is 0.283 e. The standard InChI is InChI=1S/C11H12Cl2N2O3/c1-2-7(12)6-14-11(16)10-8(13)4-3-5-9(10)15(17)18/h3-5,7H,2,6H2,1H3,(H,14,16). The van der Waals surface area contributed by atoms with Crippen LogP contribution in [-0.4, -0.2) is 22.8 Å². The van der Waals surface area contributed by atoms with E-state index in [2.05, 4.69) is 5.32 Å². The van der Waals surface area contributed by atoms with Gasteiger partial charge in [0.2, 0.25) is 0 Å². The van der Waals surface area contributed by atoms with Crippen LogP contribution in [0.15, 0.2) is 18.2 Å². The lowest BCUT2D eigenvalue weighted by Crippen LogP contribution is -2.30. The first-order valence-corrected chi connectivity index (χ1v) is 6.14. The van der Waals surface area contributed by atoms with E-state index in [1.807, 2.05) is 6.92 Å². The molecule has 0 aromatic heterocycles. The van der Waals surface area contributed by atoms with Gasteiger partial charge < -0.3 is 5.32 Å². The highest BCUT2D eigenvalue weighted by atomic mass is 35.5. The smallest absolute Gasteiger partial charge is 0.283 e. The second kappa shape index (κ2) is 6.56. The number of carbonyl (C=O) groups is 1. The van der Waals surface area contributed by atoms with E-state index in [-0.39, 0.29) is 28.2 Å². The fraction of sp³-hybridized carbons (Fsp3) is 0.364. The van der Waals surface area contributed by atoms with Gasteiger partial charge in [0.25, 0.3) is 11.6 Å². The first-order valence-electron chi connectivity index (χ1n) is 5.32. The molecule has 0 radical (unpaired) electrons. The summed E-state index contributed by atoms with van der Waals surface area (Å²) >= 11 is 11.7. The predicted octanol–water partition coefficient (Wildman–Crippen LogP) is 3.00. The molecule has 0 bridgehead atoms. The Labute approximate surface area is 114 Å². The van der Waals surface area contributed by atoms with E-state index in [9.17, 15) is 14.9 Å². The van der Waals surface area contributed by atoms with Crippen LogP contribution in [0.2, 0.25) is 5.02 Å². The molecule has 0 aliphatic carbocycles. The maximum absolute atomic E-state index is 11.9. The van der Waals surface area contributed by atoms with Crippen LogP contribution < -0.4 is 5.32 Å². The first kappa shape index (κ1) is 14.7. The predicted molar refractivity (Wildman–Crippen MR) is 70.4 cm³/mol. The molecule has 1 rings (SSSR count). The summed E-state index contributed by atoms with van der Waals surface area (Å²) in [4.78, 5) is 22.0. The quantitative estimate of drug-likeness (QED) is 0.515. The number of carbonyl (C=O) groups excluding carboxylic acids is 1. The molecule has 0 fully saturated rings. The van der Waals surface area contributed by atoms with Crippen LogP contribution in [0.5, 0.6) is 0 Å². The topological polar surface area (TPSA) is 72.2 Å². The molecule has 98 valence electrons. The van der Waals surface area contributed by atoms with Crippen LogP contribution in [0.3, 0.4) is 0 Å². The Morgan fingerprint density at radius 1 is 1.56 bits per heavy atom. The Bertz CT molecular complexity index is 466. The summed E-state index contributed by atoms with van der Waals surface area (Å²) < 4.78 is 0. The number of nitrogens with one attached hydrogen (secondary N) is 1. The van der Waals surface area contributed by atoms with E-state index in [0.29, 0.717) is 6.42 Å². The van der Waals surface area contributed by atoms with Gasteiger partial charge in [-0.15, -0.1) is 11.6 Å². The molecule has 0 heterocycles. The van der Waals surface area contributed by atoms with Crippen molar-refractivity contribution in [2.75, 3.05) is 6.54 Å². The number of nitrogens with zero attached hydrogens (tertiary/aromatic N) is 1. The molecule has 0 aliphatic rings. The van der Waals surface area contributed by atoms with E-state index >= 15 is 0 Å². The van der Waals surface area contributed by atoms with Gasteiger partial charge in [0.15, 0.2) is 0 Å². The molecule has 0 aliphatic heterocycles. The number of rotatable bonds is 5. The summed E-state index contributed by atoms with van der Waals surface area (Å²) in [5.74, 6) is -0.591. The van der Waals surface area contributed by atoms with E-state index in [0.717, 1.165) is 0 Å². The Kier molecular flexibility index (Phi) is 5.37. The molecule has 0 spiro atoms. The van der Waals surface area contributed by atoms with Crippen molar-refractivity contribution >= 4 is 34.8 Å². The summed E-state index contributed by atoms with van der Waals surface area (Å²) in [6.45, 7) is 2.11. The monoisotopic (exact) mass is 290 g/mol. The third-order valence-electron chi connectivity index (χ3n) is 2.34. The Balaban J connectivity index is 2.94. The minimum atomic E-state index is -0.640. The molecule has 1 aromatic rings. The van der Waals surface area contributed by atoms with Crippen LogP contribution in [0.1, 0.15) is 23.7 Å². The second-order valence-electron chi connectivity index (χ2n) is 3.61. The normalized spacial score (nSPS) is 11.9. The molecule has 1 unspecified atom stereocenters. The van der Waals surface area contributed by atoms with Crippen molar-refractivity contribution in [2.24, 2.45) is 0 Å². The molecule has 1 atom stereocenters. The van der Waals surface area contributed by atoms with Crippen molar-refractivity contribution in [1.82, 2.24) is 5.32 Å². The van der Waals surface area contributed by atoms with Crippen LogP contribution in [-0.2, 0) is 0 Å². The zero-order valence-corrected chi connectivity index (χ0v) is 11.2. The van der Waals surface area contributed by atoms with Gasteiger partial charge in [-0.2, -0.15) is 0 Å². The lowest BCUT2D eigenvalue weighted by atomic mass is 10.1. The second-order valence-corrected chi connectivity index (χ2v) is 4.63. The molecule has 1 aromatic carbocycles. The van der Waals surface area contributed by atoms with Crippen LogP contribution in [0.4, 0.5) is 5.69 Å². The number of amides is 1. The summed E-state index contributed by atoms with van der Waals surface area (Å²) in [6, 6.07) is 4.09. The molecular formula is C11H12Cl2N2O3. The van der Waals surface area contributed by atoms with Crippen molar-refractivity contribution in [3.8, 4) is 0 Å². The number of benzene rings is 1. The third-order valence-corrected chi connectivity index (χ3v) is 3.12. The fourth-order valence-corrected chi connectivity index (χ4v) is 1.66. The van der Waals surface area contributed by atoms with E-state index < -0.39 is 10.8 Å². The summed E-state index contributed by atoms with van der Waals surface area (Å²) in [6.07, 6.45) is 0.687. The average molecular weight is 291 g/mol. The molecule has 18 heavy (non-hydrogen) atoms. The third kappa shape index (κ3) is 3.58. The molecule has 1 N–H and O–H groups in total. The average Bonchev–Trinajstić information content (AvgIpc) is 2.34. The van der Waals surface area contributed by atoms with Crippen molar-refractivity contribution in [3.05, 3.63) is 38.9 Å². The number of alkyl halides is 1. The van der Waals surface area contributed by atoms with Gasteiger partial charge in [0.05, 0.1) is 15.3 Å². The lowest BCUT2D eigenvalue weighted by molar-refractivity contribution is -0.385. The van der Waals surface area contributed by atoms with Gasteiger partial charge in [-0.3, -0.25) is 14.9 Å². The minimum Gasteiger partial charge on any atom is -0.350 e.